The number of benzene rings is 1. The molecule has 0 bridgehead atoms. The molecule has 0 amide bonds. The Bertz CT molecular complexity index is 554. The number of hydrogen-bond donors (Lipinski definition) is 0. The molecule has 0 saturated carbocycles. The molecule has 2 heteroatoms. The lowest BCUT2D eigenvalue weighted by Gasteiger charge is -2.12. The van der Waals surface area contributed by atoms with Crippen LogP contribution in [0.3, 0.4) is 0 Å². The number of halogens is 1. The van der Waals surface area contributed by atoms with Crippen LogP contribution in [-0.4, -0.2) is 0 Å². The van der Waals surface area contributed by atoms with E-state index in [1.807, 2.05) is 11.3 Å². The fraction of sp³-hybridized carbons (Fsp3) is 0.375. The largest absolute Gasteiger partial charge is 0.146 e. The number of alkyl halides is 1. The van der Waals surface area contributed by atoms with Crippen molar-refractivity contribution in [1.82, 2.24) is 0 Å². The lowest BCUT2D eigenvalue weighted by Crippen LogP contribution is -1.98. The summed E-state index contributed by atoms with van der Waals surface area (Å²) in [7, 11) is 0. The molecule has 0 N–H and O–H groups in total. The van der Waals surface area contributed by atoms with E-state index in [0.29, 0.717) is 0 Å². The third-order valence-corrected chi connectivity index (χ3v) is 4.69. The Labute approximate surface area is 119 Å². The summed E-state index contributed by atoms with van der Waals surface area (Å²) >= 11 is 8.42. The van der Waals surface area contributed by atoms with E-state index in [0.717, 1.165) is 6.42 Å². The fourth-order valence-electron chi connectivity index (χ4n) is 2.28. The van der Waals surface area contributed by atoms with E-state index in [2.05, 4.69) is 52.0 Å². The number of aryl methyl sites for hydroxylation is 4. The predicted octanol–water partition coefficient (Wildman–Crippen LogP) is 5.50. The predicted molar refractivity (Wildman–Crippen MR) is 82.0 cm³/mol. The summed E-state index contributed by atoms with van der Waals surface area (Å²) in [6, 6.07) is 8.81. The Kier molecular flexibility index (Phi) is 4.14. The zero-order valence-corrected chi connectivity index (χ0v) is 13.0. The summed E-state index contributed by atoms with van der Waals surface area (Å²) in [6.45, 7) is 8.59. The van der Waals surface area contributed by atoms with E-state index in [-0.39, 0.29) is 5.38 Å². The first-order valence-corrected chi connectivity index (χ1v) is 7.50. The monoisotopic (exact) mass is 278 g/mol. The molecule has 0 radical (unpaired) electrons. The molecule has 1 atom stereocenters. The van der Waals surface area contributed by atoms with Crippen LogP contribution in [0.4, 0.5) is 0 Å². The minimum atomic E-state index is 0.0791. The summed E-state index contributed by atoms with van der Waals surface area (Å²) in [5, 5.41) is 0.0791. The lowest BCUT2D eigenvalue weighted by atomic mass is 9.98. The molecule has 0 saturated heterocycles. The summed E-state index contributed by atoms with van der Waals surface area (Å²) in [5.74, 6) is 0. The molecule has 18 heavy (non-hydrogen) atoms. The SMILES string of the molecule is Cc1ccc(C)c(CC(Cl)c2cc(C)sc2C)c1. The highest BCUT2D eigenvalue weighted by Crippen LogP contribution is 2.33. The van der Waals surface area contributed by atoms with Crippen molar-refractivity contribution >= 4 is 22.9 Å². The molecule has 1 aromatic carbocycles. The molecule has 1 unspecified atom stereocenters. The standard InChI is InChI=1S/C16H19ClS/c1-10-5-6-11(2)14(7-10)9-16(17)15-8-12(3)18-13(15)4/h5-8,16H,9H2,1-4H3. The Morgan fingerprint density at radius 1 is 1.11 bits per heavy atom. The Hall–Kier alpha value is -0.790. The second-order valence-electron chi connectivity index (χ2n) is 4.97. The molecule has 0 aliphatic rings. The van der Waals surface area contributed by atoms with Gasteiger partial charge in [0.1, 0.15) is 0 Å². The van der Waals surface area contributed by atoms with Gasteiger partial charge in [-0.25, -0.2) is 0 Å². The maximum absolute atomic E-state index is 6.59. The summed E-state index contributed by atoms with van der Waals surface area (Å²) in [4.78, 5) is 2.69. The van der Waals surface area contributed by atoms with Gasteiger partial charge < -0.3 is 0 Å². The van der Waals surface area contributed by atoms with E-state index in [1.165, 1.54) is 32.0 Å². The minimum absolute atomic E-state index is 0.0791. The van der Waals surface area contributed by atoms with E-state index in [1.54, 1.807) is 0 Å². The number of rotatable bonds is 3. The Balaban J connectivity index is 2.23. The lowest BCUT2D eigenvalue weighted by molar-refractivity contribution is 0.906. The quantitative estimate of drug-likeness (QED) is 0.650. The molecule has 0 aliphatic carbocycles. The van der Waals surface area contributed by atoms with Gasteiger partial charge >= 0.3 is 0 Å². The highest BCUT2D eigenvalue weighted by Gasteiger charge is 2.15. The molecule has 0 aliphatic heterocycles. The van der Waals surface area contributed by atoms with Gasteiger partial charge in [-0.3, -0.25) is 0 Å². The highest BCUT2D eigenvalue weighted by molar-refractivity contribution is 7.12. The van der Waals surface area contributed by atoms with Crippen LogP contribution in [0.5, 0.6) is 0 Å². The average Bonchev–Trinajstić information content (AvgIpc) is 2.63. The molecular formula is C16H19ClS. The van der Waals surface area contributed by atoms with Crippen LogP contribution < -0.4 is 0 Å². The first-order chi connectivity index (χ1) is 8.47. The van der Waals surface area contributed by atoms with Crippen LogP contribution >= 0.6 is 22.9 Å². The van der Waals surface area contributed by atoms with E-state index in [9.17, 15) is 0 Å². The van der Waals surface area contributed by atoms with Crippen molar-refractivity contribution in [2.45, 2.75) is 39.5 Å². The van der Waals surface area contributed by atoms with E-state index >= 15 is 0 Å². The minimum Gasteiger partial charge on any atom is -0.146 e. The van der Waals surface area contributed by atoms with Crippen molar-refractivity contribution in [3.63, 3.8) is 0 Å². The van der Waals surface area contributed by atoms with Gasteiger partial charge in [-0.15, -0.1) is 22.9 Å². The van der Waals surface area contributed by atoms with Gasteiger partial charge in [0.25, 0.3) is 0 Å². The first-order valence-electron chi connectivity index (χ1n) is 6.24. The fourth-order valence-corrected chi connectivity index (χ4v) is 3.73. The number of hydrogen-bond acceptors (Lipinski definition) is 1. The van der Waals surface area contributed by atoms with Gasteiger partial charge in [0.15, 0.2) is 0 Å². The molecule has 1 heterocycles. The molecule has 1 aromatic heterocycles. The average molecular weight is 279 g/mol. The van der Waals surface area contributed by atoms with Crippen molar-refractivity contribution in [3.8, 4) is 0 Å². The van der Waals surface area contributed by atoms with E-state index in [4.69, 9.17) is 11.6 Å². The van der Waals surface area contributed by atoms with Crippen LogP contribution in [0.25, 0.3) is 0 Å². The summed E-state index contributed by atoms with van der Waals surface area (Å²) in [5.41, 5.74) is 5.28. The van der Waals surface area contributed by atoms with Gasteiger partial charge in [-0.1, -0.05) is 23.8 Å². The summed E-state index contributed by atoms with van der Waals surface area (Å²) in [6.07, 6.45) is 0.909. The zero-order chi connectivity index (χ0) is 13.3. The van der Waals surface area contributed by atoms with Crippen LogP contribution in [0.15, 0.2) is 24.3 Å². The van der Waals surface area contributed by atoms with Crippen molar-refractivity contribution in [2.24, 2.45) is 0 Å². The van der Waals surface area contributed by atoms with Crippen LogP contribution in [0, 0.1) is 27.7 Å². The van der Waals surface area contributed by atoms with Crippen molar-refractivity contribution < 1.29 is 0 Å². The van der Waals surface area contributed by atoms with Gasteiger partial charge in [-0.05, 0) is 56.9 Å². The normalized spacial score (nSPS) is 12.7. The topological polar surface area (TPSA) is 0 Å². The zero-order valence-electron chi connectivity index (χ0n) is 11.4. The second kappa shape index (κ2) is 5.46. The van der Waals surface area contributed by atoms with Crippen molar-refractivity contribution in [1.29, 1.82) is 0 Å². The molecule has 96 valence electrons. The van der Waals surface area contributed by atoms with Gasteiger partial charge in [0, 0.05) is 9.75 Å². The molecule has 2 aromatic rings. The molecular weight excluding hydrogens is 260 g/mol. The van der Waals surface area contributed by atoms with E-state index < -0.39 is 0 Å². The smallest absolute Gasteiger partial charge is 0.0636 e. The number of thiophene rings is 1. The maximum Gasteiger partial charge on any atom is 0.0636 e. The third kappa shape index (κ3) is 2.96. The molecule has 2 rings (SSSR count). The van der Waals surface area contributed by atoms with Crippen molar-refractivity contribution in [2.75, 3.05) is 0 Å². The highest BCUT2D eigenvalue weighted by atomic mass is 35.5. The van der Waals surface area contributed by atoms with Crippen LogP contribution in [-0.2, 0) is 6.42 Å². The van der Waals surface area contributed by atoms with Gasteiger partial charge in [0.2, 0.25) is 0 Å². The van der Waals surface area contributed by atoms with Crippen molar-refractivity contribution in [3.05, 3.63) is 56.3 Å². The van der Waals surface area contributed by atoms with Crippen LogP contribution in [0.2, 0.25) is 0 Å². The molecule has 0 nitrogen and oxygen atoms in total. The third-order valence-electron chi connectivity index (χ3n) is 3.32. The maximum atomic E-state index is 6.59. The van der Waals surface area contributed by atoms with Gasteiger partial charge in [-0.2, -0.15) is 0 Å². The summed E-state index contributed by atoms with van der Waals surface area (Å²) < 4.78 is 0. The second-order valence-corrected chi connectivity index (χ2v) is 6.96. The van der Waals surface area contributed by atoms with Gasteiger partial charge in [0.05, 0.1) is 5.38 Å². The Morgan fingerprint density at radius 2 is 1.83 bits per heavy atom. The molecule has 0 fully saturated rings. The Morgan fingerprint density at radius 3 is 2.44 bits per heavy atom. The molecule has 0 spiro atoms. The first kappa shape index (κ1) is 13.6. The van der Waals surface area contributed by atoms with Crippen LogP contribution in [0.1, 0.15) is 37.4 Å².